The molecule has 0 aromatic heterocycles. The van der Waals surface area contributed by atoms with Crippen LogP contribution in [0.4, 0.5) is 5.69 Å². The fourth-order valence-electron chi connectivity index (χ4n) is 2.79. The Bertz CT molecular complexity index is 559. The number of para-hydroxylation sites is 1. The first-order valence-corrected chi connectivity index (χ1v) is 9.54. The molecule has 5 heteroatoms. The normalized spacial score (nSPS) is 21.8. The molecular formula is C17H21Br2NO2. The number of aliphatic hydroxyl groups is 1. The van der Waals surface area contributed by atoms with Crippen LogP contribution in [-0.2, 0) is 4.79 Å². The van der Waals surface area contributed by atoms with E-state index in [4.69, 9.17) is 0 Å². The topological polar surface area (TPSA) is 40.5 Å². The third kappa shape index (κ3) is 3.31. The molecule has 0 aliphatic carbocycles. The molecule has 0 saturated heterocycles. The molecule has 120 valence electrons. The molecule has 0 bridgehead atoms. The van der Waals surface area contributed by atoms with Gasteiger partial charge in [0.15, 0.2) is 5.72 Å². The highest BCUT2D eigenvalue weighted by Crippen LogP contribution is 2.43. The molecule has 0 spiro atoms. The van der Waals surface area contributed by atoms with Crippen LogP contribution in [-0.4, -0.2) is 22.1 Å². The van der Waals surface area contributed by atoms with Crippen molar-refractivity contribution in [3.05, 3.63) is 40.4 Å². The van der Waals surface area contributed by atoms with E-state index in [2.05, 4.69) is 38.8 Å². The number of alkyl halides is 1. The quantitative estimate of drug-likeness (QED) is 0.501. The first-order chi connectivity index (χ1) is 10.6. The van der Waals surface area contributed by atoms with E-state index in [0.717, 1.165) is 31.3 Å². The zero-order valence-corrected chi connectivity index (χ0v) is 15.9. The monoisotopic (exact) mass is 429 g/mol. The van der Waals surface area contributed by atoms with Crippen molar-refractivity contribution >= 4 is 43.5 Å². The Morgan fingerprint density at radius 2 is 1.86 bits per heavy atom. The van der Waals surface area contributed by atoms with Crippen molar-refractivity contribution in [2.45, 2.75) is 44.8 Å². The van der Waals surface area contributed by atoms with Gasteiger partial charge in [-0.15, -0.1) is 0 Å². The summed E-state index contributed by atoms with van der Waals surface area (Å²) in [6.45, 7) is 2.17. The summed E-state index contributed by atoms with van der Waals surface area (Å²) in [7, 11) is 0. The minimum absolute atomic E-state index is 0.182. The Balaban J connectivity index is 2.27. The van der Waals surface area contributed by atoms with Crippen molar-refractivity contribution < 1.29 is 9.90 Å². The van der Waals surface area contributed by atoms with Gasteiger partial charge in [0.25, 0.3) is 5.91 Å². The Morgan fingerprint density at radius 3 is 2.45 bits per heavy atom. The van der Waals surface area contributed by atoms with Gasteiger partial charge in [-0.1, -0.05) is 60.3 Å². The summed E-state index contributed by atoms with van der Waals surface area (Å²) in [5, 5.41) is 11.4. The molecule has 1 aliphatic rings. The molecule has 0 radical (unpaired) electrons. The number of rotatable bonds is 7. The van der Waals surface area contributed by atoms with Gasteiger partial charge in [0.2, 0.25) is 0 Å². The molecule has 1 N–H and O–H groups in total. The number of carbonyl (C=O) groups is 1. The molecule has 1 aromatic rings. The number of carbonyl (C=O) groups excluding carboxylic acids is 1. The molecule has 1 amide bonds. The first-order valence-electron chi connectivity index (χ1n) is 7.63. The zero-order chi connectivity index (χ0) is 16.2. The molecule has 1 unspecified atom stereocenters. The second-order valence-corrected chi connectivity index (χ2v) is 6.88. The summed E-state index contributed by atoms with van der Waals surface area (Å²) in [6, 6.07) is 9.30. The highest BCUT2D eigenvalue weighted by molar-refractivity contribution is 9.12. The predicted molar refractivity (Wildman–Crippen MR) is 97.4 cm³/mol. The van der Waals surface area contributed by atoms with Gasteiger partial charge >= 0.3 is 0 Å². The molecule has 3 nitrogen and oxygen atoms in total. The lowest BCUT2D eigenvalue weighted by molar-refractivity contribution is -0.115. The van der Waals surface area contributed by atoms with Gasteiger partial charge in [0.05, 0.1) is 9.81 Å². The molecule has 22 heavy (non-hydrogen) atoms. The number of unbranched alkanes of at least 4 members (excludes halogenated alkanes) is 3. The van der Waals surface area contributed by atoms with Crippen LogP contribution in [0.15, 0.2) is 40.4 Å². The molecule has 1 heterocycles. The van der Waals surface area contributed by atoms with Gasteiger partial charge in [-0.05, 0) is 40.9 Å². The highest BCUT2D eigenvalue weighted by Gasteiger charge is 2.49. The van der Waals surface area contributed by atoms with Crippen LogP contribution in [0.2, 0.25) is 0 Å². The maximum absolute atomic E-state index is 12.6. The Hall–Kier alpha value is -0.650. The zero-order valence-electron chi connectivity index (χ0n) is 12.7. The summed E-state index contributed by atoms with van der Waals surface area (Å²) >= 11 is 6.79. The van der Waals surface area contributed by atoms with E-state index >= 15 is 0 Å². The van der Waals surface area contributed by atoms with E-state index < -0.39 is 5.72 Å². The van der Waals surface area contributed by atoms with E-state index in [0.29, 0.717) is 15.5 Å². The molecule has 0 saturated carbocycles. The van der Waals surface area contributed by atoms with Gasteiger partial charge < -0.3 is 5.11 Å². The van der Waals surface area contributed by atoms with Crippen LogP contribution in [0.1, 0.15) is 39.0 Å². The number of halogens is 2. The Kier molecular flexibility index (Phi) is 6.24. The number of amides is 1. The number of nitrogens with zero attached hydrogens (tertiary/aromatic N) is 1. The number of hydrogen-bond donors (Lipinski definition) is 1. The average Bonchev–Trinajstić information content (AvgIpc) is 2.73. The van der Waals surface area contributed by atoms with Crippen molar-refractivity contribution in [2.24, 2.45) is 0 Å². The minimum atomic E-state index is -1.30. The minimum Gasteiger partial charge on any atom is -0.366 e. The molecule has 0 fully saturated rings. The van der Waals surface area contributed by atoms with E-state index in [1.54, 1.807) is 0 Å². The fourth-order valence-corrected chi connectivity index (χ4v) is 4.08. The SMILES string of the molecule is CCCCCCC1=C(Br)C(=O)N(c2ccccc2)C1(O)CBr. The summed E-state index contributed by atoms with van der Waals surface area (Å²) in [6.07, 6.45) is 5.14. The van der Waals surface area contributed by atoms with Crippen molar-refractivity contribution in [1.82, 2.24) is 0 Å². The van der Waals surface area contributed by atoms with Gasteiger partial charge in [-0.2, -0.15) is 0 Å². The number of benzene rings is 1. The number of hydrogen-bond acceptors (Lipinski definition) is 2. The van der Waals surface area contributed by atoms with E-state index in [1.165, 1.54) is 11.3 Å². The predicted octanol–water partition coefficient (Wildman–Crippen LogP) is 4.74. The lowest BCUT2D eigenvalue weighted by atomic mass is 9.99. The summed E-state index contributed by atoms with van der Waals surface area (Å²) in [5.74, 6) is -0.182. The standard InChI is InChI=1S/C17H21Br2NO2/c1-2-3-4-8-11-14-15(19)16(21)20(17(14,22)12-18)13-9-6-5-7-10-13/h5-7,9-10,22H,2-4,8,11-12H2,1H3. The van der Waals surface area contributed by atoms with Crippen molar-refractivity contribution in [3.8, 4) is 0 Å². The number of anilines is 1. The van der Waals surface area contributed by atoms with Crippen molar-refractivity contribution in [1.29, 1.82) is 0 Å². The van der Waals surface area contributed by atoms with Crippen LogP contribution in [0.25, 0.3) is 0 Å². The first kappa shape index (κ1) is 17.7. The molecule has 1 aromatic carbocycles. The maximum atomic E-state index is 12.6. The van der Waals surface area contributed by atoms with Crippen LogP contribution >= 0.6 is 31.9 Å². The van der Waals surface area contributed by atoms with Crippen LogP contribution in [0.5, 0.6) is 0 Å². The Morgan fingerprint density at radius 1 is 1.18 bits per heavy atom. The Labute approximate surface area is 148 Å². The lowest BCUT2D eigenvalue weighted by Crippen LogP contribution is -2.50. The van der Waals surface area contributed by atoms with Gasteiger partial charge in [0.1, 0.15) is 0 Å². The van der Waals surface area contributed by atoms with E-state index in [1.807, 2.05) is 30.3 Å². The van der Waals surface area contributed by atoms with Gasteiger partial charge in [-0.3, -0.25) is 9.69 Å². The van der Waals surface area contributed by atoms with Crippen molar-refractivity contribution in [3.63, 3.8) is 0 Å². The average molecular weight is 431 g/mol. The van der Waals surface area contributed by atoms with E-state index in [-0.39, 0.29) is 5.91 Å². The fraction of sp³-hybridized carbons (Fsp3) is 0.471. The third-order valence-corrected chi connectivity index (χ3v) is 5.59. The highest BCUT2D eigenvalue weighted by atomic mass is 79.9. The van der Waals surface area contributed by atoms with Crippen LogP contribution in [0.3, 0.4) is 0 Å². The third-order valence-electron chi connectivity index (χ3n) is 3.99. The lowest BCUT2D eigenvalue weighted by Gasteiger charge is -2.34. The maximum Gasteiger partial charge on any atom is 0.268 e. The summed E-state index contributed by atoms with van der Waals surface area (Å²) in [4.78, 5) is 14.1. The largest absolute Gasteiger partial charge is 0.366 e. The van der Waals surface area contributed by atoms with Gasteiger partial charge in [0, 0.05) is 11.3 Å². The molecular weight excluding hydrogens is 410 g/mol. The molecule has 2 rings (SSSR count). The van der Waals surface area contributed by atoms with Crippen LogP contribution in [0, 0.1) is 0 Å². The summed E-state index contributed by atoms with van der Waals surface area (Å²) < 4.78 is 0.495. The second-order valence-electron chi connectivity index (χ2n) is 5.53. The summed E-state index contributed by atoms with van der Waals surface area (Å²) in [5.41, 5.74) is 0.174. The second kappa shape index (κ2) is 7.75. The van der Waals surface area contributed by atoms with Crippen molar-refractivity contribution in [2.75, 3.05) is 10.2 Å². The molecule has 1 atom stereocenters. The van der Waals surface area contributed by atoms with E-state index in [9.17, 15) is 9.90 Å². The molecule has 1 aliphatic heterocycles. The van der Waals surface area contributed by atoms with Gasteiger partial charge in [-0.25, -0.2) is 0 Å². The van der Waals surface area contributed by atoms with Crippen LogP contribution < -0.4 is 4.90 Å². The smallest absolute Gasteiger partial charge is 0.268 e.